The van der Waals surface area contributed by atoms with Gasteiger partial charge in [0.05, 0.1) is 0 Å². The first-order valence-corrected chi connectivity index (χ1v) is 24.0. The van der Waals surface area contributed by atoms with Crippen molar-refractivity contribution in [2.45, 2.75) is 39.6 Å². The summed E-state index contributed by atoms with van der Waals surface area (Å²) in [6.45, 7) is 2.03. The normalized spacial score (nSPS) is 12.2. The van der Waals surface area contributed by atoms with Crippen LogP contribution in [0, 0.1) is 0 Å². The summed E-state index contributed by atoms with van der Waals surface area (Å²) < 4.78 is 59.3. The number of ether oxygens (including phenoxy) is 6. The van der Waals surface area contributed by atoms with Gasteiger partial charge in [0.15, 0.2) is 34.5 Å². The van der Waals surface area contributed by atoms with Gasteiger partial charge in [0.1, 0.15) is 39.6 Å². The van der Waals surface area contributed by atoms with Gasteiger partial charge in [-0.05, 0) is 86.2 Å². The fraction of sp³-hybridized carbons (Fsp3) is 0.100. The minimum Gasteiger partial charge on any atom is -0.485 e. The first-order valence-electron chi connectivity index (χ1n) is 24.0. The molecule has 0 N–H and O–H groups in total. The molecule has 0 bridgehead atoms. The summed E-state index contributed by atoms with van der Waals surface area (Å²) in [5.41, 5.74) is 8.20. The van der Waals surface area contributed by atoms with Crippen molar-refractivity contribution < 1.29 is 42.1 Å². The maximum Gasteiger partial charge on any atom is 0.467 e. The number of hydrogen-bond donors (Lipinski definition) is 0. The van der Waals surface area contributed by atoms with Crippen LogP contribution < -0.4 is 44.8 Å². The Bertz CT molecular complexity index is 2740. The van der Waals surface area contributed by atoms with E-state index in [-0.39, 0.29) is 0 Å². The van der Waals surface area contributed by atoms with Gasteiger partial charge >= 0.3 is 21.4 Å². The van der Waals surface area contributed by atoms with Crippen LogP contribution in [-0.4, -0.2) is 21.4 Å². The predicted octanol–water partition coefficient (Wildman–Crippen LogP) is 10.7. The second kappa shape index (κ2) is 24.1. The highest BCUT2D eigenvalue weighted by Crippen LogP contribution is 2.32. The highest BCUT2D eigenvalue weighted by molar-refractivity contribution is 6.87. The van der Waals surface area contributed by atoms with Gasteiger partial charge in [0.2, 0.25) is 0 Å². The maximum atomic E-state index is 6.84. The average Bonchev–Trinajstić information content (AvgIpc) is 3.45. The zero-order valence-electron chi connectivity index (χ0n) is 39.7. The molecule has 0 amide bonds. The lowest BCUT2D eigenvalue weighted by Gasteiger charge is -2.32. The monoisotopic (exact) mass is 948 g/mol. The van der Waals surface area contributed by atoms with Crippen LogP contribution in [0.2, 0.25) is 0 Å². The van der Waals surface area contributed by atoms with Crippen LogP contribution in [0.25, 0.3) is 0 Å². The van der Waals surface area contributed by atoms with Crippen molar-refractivity contribution in [3.05, 3.63) is 270 Å². The number of rotatable bonds is 21. The summed E-state index contributed by atoms with van der Waals surface area (Å²) in [5.74, 6) is 3.34. The molecule has 9 aromatic rings. The van der Waals surface area contributed by atoms with E-state index in [4.69, 9.17) is 42.1 Å². The Kier molecular flexibility index (Phi) is 15.9. The standard InChI is InChI=1S/C60H51B3O9/c1-7-19-46(20-8-1)40-64-55-34-31-52(37-58(55)67-43-49-25-13-4-14-26-49)61-70-62(53-32-35-56(65-41-47-21-9-2-10-22-47)59(38-53)68-44-50-27-15-5-16-28-50)72-63(71-61)54-33-36-57(66-42-48-23-11-3-12-24-48)60(39-54)69-45-51-29-17-6-18-30-51/h1-39H,40-45H2. The average molecular weight is 948 g/mol. The molecule has 9 nitrogen and oxygen atoms in total. The lowest BCUT2D eigenvalue weighted by atomic mass is 9.61. The molecule has 1 saturated heterocycles. The minimum absolute atomic E-state index is 0.321. The lowest BCUT2D eigenvalue weighted by molar-refractivity contribution is 0.255. The molecule has 1 heterocycles. The highest BCUT2D eigenvalue weighted by atomic mass is 16.7. The second-order valence-corrected chi connectivity index (χ2v) is 17.2. The van der Waals surface area contributed by atoms with Crippen LogP contribution in [0.4, 0.5) is 0 Å². The van der Waals surface area contributed by atoms with E-state index in [2.05, 4.69) is 0 Å². The third kappa shape index (κ3) is 13.0. The molecule has 0 aromatic heterocycles. The van der Waals surface area contributed by atoms with Gasteiger partial charge in [-0.3, -0.25) is 0 Å². The fourth-order valence-electron chi connectivity index (χ4n) is 8.03. The Balaban J connectivity index is 1.000. The minimum atomic E-state index is -0.943. The molecule has 10 rings (SSSR count). The molecule has 1 fully saturated rings. The predicted molar refractivity (Wildman–Crippen MR) is 283 cm³/mol. The van der Waals surface area contributed by atoms with E-state index in [1.54, 1.807) is 0 Å². The van der Waals surface area contributed by atoms with Crippen molar-refractivity contribution in [3.63, 3.8) is 0 Å². The Morgan fingerprint density at radius 2 is 0.417 bits per heavy atom. The highest BCUT2D eigenvalue weighted by Gasteiger charge is 2.44. The van der Waals surface area contributed by atoms with Crippen LogP contribution in [-0.2, 0) is 53.4 Å². The Morgan fingerprint density at radius 3 is 0.625 bits per heavy atom. The summed E-state index contributed by atoms with van der Waals surface area (Å²) in [5, 5.41) is 0. The van der Waals surface area contributed by atoms with E-state index in [0.29, 0.717) is 90.5 Å². The van der Waals surface area contributed by atoms with E-state index in [0.717, 1.165) is 33.4 Å². The smallest absolute Gasteiger partial charge is 0.467 e. The van der Waals surface area contributed by atoms with E-state index in [1.165, 1.54) is 0 Å². The summed E-state index contributed by atoms with van der Waals surface area (Å²) in [7, 11) is -2.83. The van der Waals surface area contributed by atoms with Crippen molar-refractivity contribution >= 4 is 37.7 Å². The molecule has 1 aliphatic rings. The molecule has 0 aliphatic carbocycles. The Hall–Kier alpha value is -8.15. The second-order valence-electron chi connectivity index (χ2n) is 17.2. The summed E-state index contributed by atoms with van der Waals surface area (Å²) in [4.78, 5) is 0. The van der Waals surface area contributed by atoms with Crippen molar-refractivity contribution in [3.8, 4) is 34.5 Å². The molecule has 354 valence electrons. The van der Waals surface area contributed by atoms with Gasteiger partial charge in [-0.1, -0.05) is 200 Å². The van der Waals surface area contributed by atoms with Crippen LogP contribution in [0.3, 0.4) is 0 Å². The molecule has 0 radical (unpaired) electrons. The van der Waals surface area contributed by atoms with Crippen LogP contribution in [0.15, 0.2) is 237 Å². The number of hydrogen-bond acceptors (Lipinski definition) is 9. The van der Waals surface area contributed by atoms with Crippen LogP contribution >= 0.6 is 0 Å². The topological polar surface area (TPSA) is 83.1 Å². The van der Waals surface area contributed by atoms with Gasteiger partial charge in [0.25, 0.3) is 0 Å². The summed E-state index contributed by atoms with van der Waals surface area (Å²) >= 11 is 0. The van der Waals surface area contributed by atoms with Gasteiger partial charge in [-0.15, -0.1) is 0 Å². The van der Waals surface area contributed by atoms with Gasteiger partial charge in [0, 0.05) is 0 Å². The van der Waals surface area contributed by atoms with Crippen LogP contribution in [0.1, 0.15) is 33.4 Å². The van der Waals surface area contributed by atoms with Crippen LogP contribution in [0.5, 0.6) is 34.5 Å². The van der Waals surface area contributed by atoms with Crippen molar-refractivity contribution in [2.75, 3.05) is 0 Å². The van der Waals surface area contributed by atoms with Gasteiger partial charge in [-0.25, -0.2) is 0 Å². The molecule has 72 heavy (non-hydrogen) atoms. The molecule has 0 saturated carbocycles. The van der Waals surface area contributed by atoms with E-state index in [1.807, 2.05) is 237 Å². The molecule has 1 aliphatic heterocycles. The molecule has 0 unspecified atom stereocenters. The number of benzene rings is 9. The van der Waals surface area contributed by atoms with E-state index < -0.39 is 21.4 Å². The molecule has 9 aromatic carbocycles. The summed E-state index contributed by atoms with van der Waals surface area (Å²) in [6, 6.07) is 77.4. The van der Waals surface area contributed by atoms with Crippen molar-refractivity contribution in [1.82, 2.24) is 0 Å². The molecule has 0 atom stereocenters. The third-order valence-corrected chi connectivity index (χ3v) is 11.9. The van der Waals surface area contributed by atoms with Gasteiger partial charge < -0.3 is 42.1 Å². The quantitative estimate of drug-likeness (QED) is 0.0654. The fourth-order valence-corrected chi connectivity index (χ4v) is 8.03. The zero-order chi connectivity index (χ0) is 48.6. The van der Waals surface area contributed by atoms with Crippen molar-refractivity contribution in [1.29, 1.82) is 0 Å². The molecule has 12 heteroatoms. The molecular formula is C60H51B3O9. The van der Waals surface area contributed by atoms with Gasteiger partial charge in [-0.2, -0.15) is 0 Å². The van der Waals surface area contributed by atoms with E-state index in [9.17, 15) is 0 Å². The Morgan fingerprint density at radius 1 is 0.222 bits per heavy atom. The summed E-state index contributed by atoms with van der Waals surface area (Å²) in [6.07, 6.45) is 0. The third-order valence-electron chi connectivity index (χ3n) is 11.9. The lowest BCUT2D eigenvalue weighted by Crippen LogP contribution is -2.61. The Labute approximate surface area is 422 Å². The molecular weight excluding hydrogens is 897 g/mol. The SMILES string of the molecule is c1ccc(COc2ccc(B3OB(c4ccc(OCc5ccccc5)c(OCc5ccccc5)c4)OB(c4ccc(OCc5ccccc5)c(OCc5ccccc5)c4)O3)cc2OCc2ccccc2)cc1. The molecule has 0 spiro atoms. The first-order chi connectivity index (χ1) is 35.6. The zero-order valence-corrected chi connectivity index (χ0v) is 39.7. The van der Waals surface area contributed by atoms with E-state index >= 15 is 0 Å². The largest absolute Gasteiger partial charge is 0.485 e. The van der Waals surface area contributed by atoms with Crippen molar-refractivity contribution in [2.24, 2.45) is 0 Å². The maximum absolute atomic E-state index is 6.84. The first kappa shape index (κ1) is 47.5.